The molecule has 0 N–H and O–H groups in total. The molecule has 0 spiro atoms. The number of hydrogen-bond donors (Lipinski definition) is 0. The minimum Gasteiger partial charge on any atom is -0.392 e. The molecule has 0 aromatic rings. The van der Waals surface area contributed by atoms with Crippen LogP contribution in [-0.4, -0.2) is 11.7 Å². The van der Waals surface area contributed by atoms with E-state index in [-0.39, 0.29) is 5.97 Å². The first-order chi connectivity index (χ1) is 3.77. The first-order valence-electron chi connectivity index (χ1n) is 2.57. The predicted molar refractivity (Wildman–Crippen MR) is 34.5 cm³/mol. The molecule has 0 aliphatic heterocycles. The molecule has 2 nitrogen and oxygen atoms in total. The predicted octanol–water partition coefficient (Wildman–Crippen LogP) is 1.61. The number of carbonyl (C=O) groups is 1. The van der Waals surface area contributed by atoms with Gasteiger partial charge in [0, 0.05) is 12.7 Å². The fraction of sp³-hybridized carbons (Fsp3) is 0.800. The Balaban J connectivity index is 2.82. The summed E-state index contributed by atoms with van der Waals surface area (Å²) >= 11 is 1.21. The van der Waals surface area contributed by atoms with Crippen LogP contribution in [0.2, 0.25) is 0 Å². The van der Waals surface area contributed by atoms with E-state index in [9.17, 15) is 4.79 Å². The van der Waals surface area contributed by atoms with E-state index in [0.717, 1.165) is 12.2 Å². The smallest absolute Gasteiger partial charge is 0.314 e. The lowest BCUT2D eigenvalue weighted by atomic mass is 10.6. The molecular formula is C5H10O2S. The van der Waals surface area contributed by atoms with Crippen molar-refractivity contribution in [3.05, 3.63) is 0 Å². The highest BCUT2D eigenvalue weighted by Gasteiger charge is 1.89. The van der Waals surface area contributed by atoms with Gasteiger partial charge in [-0.3, -0.25) is 4.79 Å². The summed E-state index contributed by atoms with van der Waals surface area (Å²) in [6.07, 6.45) is 1.04. The SMILES string of the molecule is CCCSOC(C)=O. The van der Waals surface area contributed by atoms with Gasteiger partial charge < -0.3 is 4.18 Å². The Kier molecular flexibility index (Phi) is 4.85. The number of carbonyl (C=O) groups excluding carboxylic acids is 1. The van der Waals surface area contributed by atoms with Crippen molar-refractivity contribution in [1.82, 2.24) is 0 Å². The lowest BCUT2D eigenvalue weighted by Gasteiger charge is -1.93. The molecule has 0 aromatic heterocycles. The second-order valence-corrected chi connectivity index (χ2v) is 2.21. The molecule has 0 bridgehead atoms. The summed E-state index contributed by atoms with van der Waals surface area (Å²) in [6.45, 7) is 3.44. The summed E-state index contributed by atoms with van der Waals surface area (Å²) in [7, 11) is 0. The van der Waals surface area contributed by atoms with Crippen LogP contribution in [-0.2, 0) is 8.98 Å². The maximum absolute atomic E-state index is 10.1. The standard InChI is InChI=1S/C5H10O2S/c1-3-4-8-7-5(2)6/h3-4H2,1-2H3. The van der Waals surface area contributed by atoms with Crippen molar-refractivity contribution in [3.63, 3.8) is 0 Å². The van der Waals surface area contributed by atoms with Crippen molar-refractivity contribution < 1.29 is 8.98 Å². The van der Waals surface area contributed by atoms with Gasteiger partial charge in [0.1, 0.15) is 0 Å². The summed E-state index contributed by atoms with van der Waals surface area (Å²) in [5.41, 5.74) is 0. The first kappa shape index (κ1) is 7.82. The maximum atomic E-state index is 10.1. The van der Waals surface area contributed by atoms with E-state index < -0.39 is 0 Å². The van der Waals surface area contributed by atoms with Gasteiger partial charge in [0.2, 0.25) is 0 Å². The number of hydrogen-bond acceptors (Lipinski definition) is 3. The second kappa shape index (κ2) is 4.97. The summed E-state index contributed by atoms with van der Waals surface area (Å²) in [6, 6.07) is 0. The molecule has 0 aromatic carbocycles. The van der Waals surface area contributed by atoms with E-state index in [1.54, 1.807) is 0 Å². The monoisotopic (exact) mass is 134 g/mol. The van der Waals surface area contributed by atoms with Crippen LogP contribution in [0.5, 0.6) is 0 Å². The van der Waals surface area contributed by atoms with Gasteiger partial charge in [-0.2, -0.15) is 0 Å². The molecule has 0 heterocycles. The molecule has 0 amide bonds. The molecule has 0 saturated carbocycles. The molecule has 0 aliphatic carbocycles. The lowest BCUT2D eigenvalue weighted by molar-refractivity contribution is -0.130. The highest BCUT2D eigenvalue weighted by atomic mass is 32.2. The van der Waals surface area contributed by atoms with Crippen molar-refractivity contribution >= 4 is 18.0 Å². The first-order valence-corrected chi connectivity index (χ1v) is 3.48. The highest BCUT2D eigenvalue weighted by molar-refractivity contribution is 7.95. The molecule has 0 aliphatic rings. The van der Waals surface area contributed by atoms with E-state index >= 15 is 0 Å². The van der Waals surface area contributed by atoms with Crippen LogP contribution in [0, 0.1) is 0 Å². The fourth-order valence-electron chi connectivity index (χ4n) is 0.208. The average molecular weight is 134 g/mol. The van der Waals surface area contributed by atoms with Gasteiger partial charge >= 0.3 is 5.97 Å². The molecule has 0 radical (unpaired) electrons. The summed E-state index contributed by atoms with van der Waals surface area (Å²) in [5.74, 6) is 0.669. The minimum atomic E-state index is -0.219. The summed E-state index contributed by atoms with van der Waals surface area (Å²) < 4.78 is 4.56. The van der Waals surface area contributed by atoms with E-state index in [1.807, 2.05) is 6.92 Å². The normalized spacial score (nSPS) is 8.75. The van der Waals surface area contributed by atoms with Gasteiger partial charge in [-0.15, -0.1) is 0 Å². The lowest BCUT2D eigenvalue weighted by Crippen LogP contribution is -1.89. The molecular weight excluding hydrogens is 124 g/mol. The minimum absolute atomic E-state index is 0.219. The van der Waals surface area contributed by atoms with E-state index in [2.05, 4.69) is 4.18 Å². The van der Waals surface area contributed by atoms with Crippen LogP contribution >= 0.6 is 12.0 Å². The van der Waals surface area contributed by atoms with Crippen molar-refractivity contribution in [2.45, 2.75) is 20.3 Å². The van der Waals surface area contributed by atoms with Gasteiger partial charge in [-0.05, 0) is 6.42 Å². The molecule has 0 unspecified atom stereocenters. The number of rotatable bonds is 3. The Morgan fingerprint density at radius 1 is 1.75 bits per heavy atom. The highest BCUT2D eigenvalue weighted by Crippen LogP contribution is 2.02. The van der Waals surface area contributed by atoms with Crippen molar-refractivity contribution in [2.24, 2.45) is 0 Å². The molecule has 3 heteroatoms. The quantitative estimate of drug-likeness (QED) is 0.433. The van der Waals surface area contributed by atoms with Crippen LogP contribution in [0.4, 0.5) is 0 Å². The third kappa shape index (κ3) is 5.82. The zero-order valence-corrected chi connectivity index (χ0v) is 5.96. The second-order valence-electron chi connectivity index (χ2n) is 1.40. The van der Waals surface area contributed by atoms with Crippen LogP contribution in [0.15, 0.2) is 0 Å². The molecule has 0 rings (SSSR count). The molecule has 0 atom stereocenters. The van der Waals surface area contributed by atoms with Gasteiger partial charge in [-0.25, -0.2) is 0 Å². The molecule has 0 fully saturated rings. The van der Waals surface area contributed by atoms with Crippen LogP contribution in [0.25, 0.3) is 0 Å². The third-order valence-corrected chi connectivity index (χ3v) is 1.39. The summed E-state index contributed by atoms with van der Waals surface area (Å²) in [5, 5.41) is 0. The van der Waals surface area contributed by atoms with E-state index in [0.29, 0.717) is 0 Å². The molecule has 8 heavy (non-hydrogen) atoms. The van der Waals surface area contributed by atoms with Gasteiger partial charge in [0.15, 0.2) is 0 Å². The van der Waals surface area contributed by atoms with Crippen molar-refractivity contribution in [1.29, 1.82) is 0 Å². The van der Waals surface area contributed by atoms with Gasteiger partial charge in [-0.1, -0.05) is 6.92 Å². The van der Waals surface area contributed by atoms with Crippen molar-refractivity contribution in [3.8, 4) is 0 Å². The van der Waals surface area contributed by atoms with Crippen molar-refractivity contribution in [2.75, 3.05) is 5.75 Å². The Morgan fingerprint density at radius 2 is 2.38 bits per heavy atom. The zero-order valence-electron chi connectivity index (χ0n) is 5.14. The van der Waals surface area contributed by atoms with E-state index in [1.165, 1.54) is 19.0 Å². The van der Waals surface area contributed by atoms with Crippen LogP contribution in [0.3, 0.4) is 0 Å². The Labute approximate surface area is 53.8 Å². The third-order valence-electron chi connectivity index (χ3n) is 0.464. The summed E-state index contributed by atoms with van der Waals surface area (Å²) in [4.78, 5) is 10.1. The van der Waals surface area contributed by atoms with Gasteiger partial charge in [0.25, 0.3) is 0 Å². The molecule has 48 valence electrons. The Hall–Kier alpha value is -0.180. The van der Waals surface area contributed by atoms with E-state index in [4.69, 9.17) is 0 Å². The van der Waals surface area contributed by atoms with Gasteiger partial charge in [0.05, 0.1) is 12.0 Å². The topological polar surface area (TPSA) is 26.3 Å². The maximum Gasteiger partial charge on any atom is 0.314 e. The molecule has 0 saturated heterocycles. The zero-order chi connectivity index (χ0) is 6.41. The average Bonchev–Trinajstić information content (AvgIpc) is 1.66. The largest absolute Gasteiger partial charge is 0.392 e. The van der Waals surface area contributed by atoms with Crippen LogP contribution in [0.1, 0.15) is 20.3 Å². The Morgan fingerprint density at radius 3 is 2.75 bits per heavy atom. The Bertz CT molecular complexity index is 72.8. The van der Waals surface area contributed by atoms with Crippen LogP contribution < -0.4 is 0 Å². The fourth-order valence-corrected chi connectivity index (χ4v) is 0.624.